The highest BCUT2D eigenvalue weighted by Gasteiger charge is 2.03. The molecule has 0 unspecified atom stereocenters. The summed E-state index contributed by atoms with van der Waals surface area (Å²) in [5, 5.41) is 3.16. The largest absolute Gasteiger partial charge is 0.497 e. The van der Waals surface area contributed by atoms with Gasteiger partial charge in [-0.1, -0.05) is 6.07 Å². The first-order valence-corrected chi connectivity index (χ1v) is 6.48. The second kappa shape index (κ2) is 9.14. The Balaban J connectivity index is 2.19. The van der Waals surface area contributed by atoms with Crippen LogP contribution in [0.25, 0.3) is 0 Å². The number of benzene rings is 1. The van der Waals surface area contributed by atoms with E-state index in [1.807, 2.05) is 0 Å². The lowest BCUT2D eigenvalue weighted by molar-refractivity contribution is 0.146. The second-order valence-corrected chi connectivity index (χ2v) is 4.17. The molecule has 0 aliphatic heterocycles. The van der Waals surface area contributed by atoms with Crippen molar-refractivity contribution in [3.8, 4) is 5.75 Å². The zero-order valence-electron chi connectivity index (χ0n) is 10.5. The van der Waals surface area contributed by atoms with Gasteiger partial charge < -0.3 is 14.8 Å². The summed E-state index contributed by atoms with van der Waals surface area (Å²) in [6.07, 6.45) is 0.884. The molecular formula is C13H19ClFNO2. The maximum absolute atomic E-state index is 13.6. The van der Waals surface area contributed by atoms with Crippen molar-refractivity contribution in [2.24, 2.45) is 0 Å². The van der Waals surface area contributed by atoms with Crippen LogP contribution in [-0.4, -0.2) is 32.7 Å². The van der Waals surface area contributed by atoms with Crippen LogP contribution in [0.4, 0.5) is 4.39 Å². The highest BCUT2D eigenvalue weighted by molar-refractivity contribution is 6.17. The zero-order chi connectivity index (χ0) is 13.2. The molecule has 1 rings (SSSR count). The van der Waals surface area contributed by atoms with Gasteiger partial charge in [0.1, 0.15) is 11.6 Å². The Hall–Kier alpha value is -0.840. The van der Waals surface area contributed by atoms with Crippen LogP contribution < -0.4 is 10.1 Å². The number of alkyl halides is 1. The number of ether oxygens (including phenoxy) is 2. The van der Waals surface area contributed by atoms with Gasteiger partial charge in [0.05, 0.1) is 13.7 Å². The molecule has 0 bridgehead atoms. The Labute approximate surface area is 112 Å². The molecule has 5 heteroatoms. The third-order valence-corrected chi connectivity index (χ3v) is 2.59. The first-order valence-electron chi connectivity index (χ1n) is 5.94. The van der Waals surface area contributed by atoms with Crippen LogP contribution in [-0.2, 0) is 11.3 Å². The first-order chi connectivity index (χ1) is 8.77. The number of nitrogens with one attached hydrogen (secondary N) is 1. The lowest BCUT2D eigenvalue weighted by Crippen LogP contribution is -2.17. The molecule has 0 aliphatic rings. The molecule has 1 aromatic carbocycles. The molecule has 0 spiro atoms. The normalized spacial score (nSPS) is 10.6. The van der Waals surface area contributed by atoms with E-state index in [0.717, 1.165) is 13.0 Å². The molecule has 18 heavy (non-hydrogen) atoms. The van der Waals surface area contributed by atoms with E-state index in [9.17, 15) is 4.39 Å². The Bertz CT molecular complexity index is 350. The third-order valence-electron chi connectivity index (χ3n) is 2.44. The molecule has 0 heterocycles. The summed E-state index contributed by atoms with van der Waals surface area (Å²) in [5.74, 6) is 0.802. The minimum absolute atomic E-state index is 0.250. The second-order valence-electron chi connectivity index (χ2n) is 3.79. The monoisotopic (exact) mass is 275 g/mol. The van der Waals surface area contributed by atoms with E-state index >= 15 is 0 Å². The molecule has 1 N–H and O–H groups in total. The van der Waals surface area contributed by atoms with E-state index in [0.29, 0.717) is 37.0 Å². The molecule has 1 aromatic rings. The maximum atomic E-state index is 13.6. The zero-order valence-corrected chi connectivity index (χ0v) is 11.3. The average molecular weight is 276 g/mol. The van der Waals surface area contributed by atoms with Gasteiger partial charge in [-0.2, -0.15) is 0 Å². The average Bonchev–Trinajstić information content (AvgIpc) is 2.39. The fourth-order valence-electron chi connectivity index (χ4n) is 1.48. The van der Waals surface area contributed by atoms with Crippen LogP contribution >= 0.6 is 11.6 Å². The molecule has 0 aliphatic carbocycles. The maximum Gasteiger partial charge on any atom is 0.131 e. The number of hydrogen-bond donors (Lipinski definition) is 1. The van der Waals surface area contributed by atoms with Crippen molar-refractivity contribution in [3.63, 3.8) is 0 Å². The topological polar surface area (TPSA) is 30.5 Å². The van der Waals surface area contributed by atoms with Crippen molar-refractivity contribution >= 4 is 11.6 Å². The standard InChI is InChI=1S/C13H19ClFNO2/c1-17-12-4-3-11(13(15)9-12)10-16-6-2-7-18-8-5-14/h3-4,9,16H,2,5-8,10H2,1H3. The van der Waals surface area contributed by atoms with Gasteiger partial charge in [-0.25, -0.2) is 4.39 Å². The van der Waals surface area contributed by atoms with Gasteiger partial charge >= 0.3 is 0 Å². The number of halogens is 2. The van der Waals surface area contributed by atoms with Gasteiger partial charge in [-0.15, -0.1) is 11.6 Å². The van der Waals surface area contributed by atoms with Gasteiger partial charge in [0, 0.05) is 30.7 Å². The van der Waals surface area contributed by atoms with Crippen molar-refractivity contribution in [2.75, 3.05) is 32.7 Å². The lowest BCUT2D eigenvalue weighted by Gasteiger charge is -2.07. The minimum Gasteiger partial charge on any atom is -0.497 e. The van der Waals surface area contributed by atoms with Crippen molar-refractivity contribution in [1.82, 2.24) is 5.32 Å². The van der Waals surface area contributed by atoms with Crippen LogP contribution in [0.1, 0.15) is 12.0 Å². The highest BCUT2D eigenvalue weighted by Crippen LogP contribution is 2.15. The highest BCUT2D eigenvalue weighted by atomic mass is 35.5. The number of rotatable bonds is 9. The molecule has 102 valence electrons. The fourth-order valence-corrected chi connectivity index (χ4v) is 1.59. The Morgan fingerprint density at radius 3 is 2.83 bits per heavy atom. The van der Waals surface area contributed by atoms with Crippen molar-refractivity contribution in [3.05, 3.63) is 29.6 Å². The van der Waals surface area contributed by atoms with Crippen LogP contribution in [0.5, 0.6) is 5.75 Å². The van der Waals surface area contributed by atoms with E-state index < -0.39 is 0 Å². The van der Waals surface area contributed by atoms with Crippen LogP contribution in [0, 0.1) is 5.82 Å². The summed E-state index contributed by atoms with van der Waals surface area (Å²) in [6.45, 7) is 2.54. The van der Waals surface area contributed by atoms with Crippen molar-refractivity contribution < 1.29 is 13.9 Å². The summed E-state index contributed by atoms with van der Waals surface area (Å²) >= 11 is 5.47. The molecule has 0 amide bonds. The number of methoxy groups -OCH3 is 1. The van der Waals surface area contributed by atoms with Crippen molar-refractivity contribution in [1.29, 1.82) is 0 Å². The Kier molecular flexibility index (Phi) is 7.73. The number of hydrogen-bond acceptors (Lipinski definition) is 3. The molecule has 0 aromatic heterocycles. The molecule has 0 saturated carbocycles. The first kappa shape index (κ1) is 15.2. The van der Waals surface area contributed by atoms with Gasteiger partial charge in [0.25, 0.3) is 0 Å². The molecule has 0 saturated heterocycles. The molecule has 0 fully saturated rings. The summed E-state index contributed by atoms with van der Waals surface area (Å²) in [6, 6.07) is 4.87. The van der Waals surface area contributed by atoms with Gasteiger partial charge in [-0.05, 0) is 19.0 Å². The fraction of sp³-hybridized carbons (Fsp3) is 0.538. The minimum atomic E-state index is -0.250. The molecule has 3 nitrogen and oxygen atoms in total. The van der Waals surface area contributed by atoms with Crippen LogP contribution in [0.3, 0.4) is 0 Å². The predicted molar refractivity (Wildman–Crippen MR) is 70.8 cm³/mol. The van der Waals surface area contributed by atoms with Crippen molar-refractivity contribution in [2.45, 2.75) is 13.0 Å². The quantitative estimate of drug-likeness (QED) is 0.555. The van der Waals surface area contributed by atoms with E-state index in [4.69, 9.17) is 21.1 Å². The van der Waals surface area contributed by atoms with Gasteiger partial charge in [-0.3, -0.25) is 0 Å². The smallest absolute Gasteiger partial charge is 0.131 e. The molecular weight excluding hydrogens is 257 g/mol. The van der Waals surface area contributed by atoms with Gasteiger partial charge in [0.2, 0.25) is 0 Å². The summed E-state index contributed by atoms with van der Waals surface area (Å²) in [5.41, 5.74) is 0.637. The van der Waals surface area contributed by atoms with Crippen LogP contribution in [0.15, 0.2) is 18.2 Å². The van der Waals surface area contributed by atoms with E-state index in [2.05, 4.69) is 5.32 Å². The predicted octanol–water partition coefficient (Wildman–Crippen LogP) is 2.57. The molecule has 0 atom stereocenters. The van der Waals surface area contributed by atoms with E-state index in [1.165, 1.54) is 13.2 Å². The SMILES string of the molecule is COc1ccc(CNCCCOCCCl)c(F)c1. The van der Waals surface area contributed by atoms with E-state index in [1.54, 1.807) is 12.1 Å². The summed E-state index contributed by atoms with van der Waals surface area (Å²) < 4.78 is 23.7. The third kappa shape index (κ3) is 5.67. The summed E-state index contributed by atoms with van der Waals surface area (Å²) in [7, 11) is 1.52. The Morgan fingerprint density at radius 2 is 2.17 bits per heavy atom. The van der Waals surface area contributed by atoms with Crippen LogP contribution in [0.2, 0.25) is 0 Å². The Morgan fingerprint density at radius 1 is 1.33 bits per heavy atom. The lowest BCUT2D eigenvalue weighted by atomic mass is 10.2. The summed E-state index contributed by atoms with van der Waals surface area (Å²) in [4.78, 5) is 0. The molecule has 0 radical (unpaired) electrons. The van der Waals surface area contributed by atoms with E-state index in [-0.39, 0.29) is 5.82 Å². The van der Waals surface area contributed by atoms with Gasteiger partial charge in [0.15, 0.2) is 0 Å².